The van der Waals surface area contributed by atoms with Crippen LogP contribution in [0.5, 0.6) is 0 Å². The smallest absolute Gasteiger partial charge is 0.309 e. The Morgan fingerprint density at radius 2 is 2.19 bits per heavy atom. The van der Waals surface area contributed by atoms with Gasteiger partial charge in [-0.05, 0) is 42.3 Å². The standard InChI is InChI=1S/C16H17NO3S/c1-9(18)17-11-4-6-13-12-5-3-10(16(19)20-2)7-14(12)21-15(13)8-11/h4,6,8,10H,3,5,7H2,1-2H3,(H,17,18). The van der Waals surface area contributed by atoms with Crippen LogP contribution in [0.15, 0.2) is 18.2 Å². The monoisotopic (exact) mass is 303 g/mol. The molecule has 0 bridgehead atoms. The Balaban J connectivity index is 1.94. The highest BCUT2D eigenvalue weighted by molar-refractivity contribution is 7.19. The largest absolute Gasteiger partial charge is 0.469 e. The maximum absolute atomic E-state index is 11.7. The van der Waals surface area contributed by atoms with Crippen LogP contribution in [0.2, 0.25) is 0 Å². The molecule has 1 heterocycles. The lowest BCUT2D eigenvalue weighted by molar-refractivity contribution is -0.145. The van der Waals surface area contributed by atoms with Crippen LogP contribution in [0.4, 0.5) is 5.69 Å². The lowest BCUT2D eigenvalue weighted by Gasteiger charge is -2.19. The van der Waals surface area contributed by atoms with Crippen molar-refractivity contribution in [1.29, 1.82) is 0 Å². The average molecular weight is 303 g/mol. The first-order valence-electron chi connectivity index (χ1n) is 6.98. The Hall–Kier alpha value is -1.88. The first kappa shape index (κ1) is 14.1. The summed E-state index contributed by atoms with van der Waals surface area (Å²) >= 11 is 1.71. The molecule has 0 saturated carbocycles. The molecule has 3 rings (SSSR count). The Kier molecular flexibility index (Phi) is 3.68. The van der Waals surface area contributed by atoms with Gasteiger partial charge in [-0.15, -0.1) is 11.3 Å². The van der Waals surface area contributed by atoms with Crippen molar-refractivity contribution in [3.8, 4) is 0 Å². The van der Waals surface area contributed by atoms with Gasteiger partial charge in [-0.25, -0.2) is 0 Å². The summed E-state index contributed by atoms with van der Waals surface area (Å²) in [5, 5.41) is 4.05. The van der Waals surface area contributed by atoms with Crippen molar-refractivity contribution >= 4 is 39.0 Å². The highest BCUT2D eigenvalue weighted by Gasteiger charge is 2.28. The van der Waals surface area contributed by atoms with Crippen LogP contribution in [0.3, 0.4) is 0 Å². The van der Waals surface area contributed by atoms with Gasteiger partial charge in [0.2, 0.25) is 5.91 Å². The van der Waals surface area contributed by atoms with Gasteiger partial charge in [0.25, 0.3) is 0 Å². The Labute approximate surface area is 127 Å². The number of methoxy groups -OCH3 is 1. The van der Waals surface area contributed by atoms with E-state index in [4.69, 9.17) is 4.74 Å². The maximum atomic E-state index is 11.7. The zero-order valence-electron chi connectivity index (χ0n) is 12.1. The van der Waals surface area contributed by atoms with Gasteiger partial charge in [0.1, 0.15) is 0 Å². The van der Waals surface area contributed by atoms with E-state index in [9.17, 15) is 9.59 Å². The van der Waals surface area contributed by atoms with E-state index in [0.29, 0.717) is 0 Å². The SMILES string of the molecule is COC(=O)C1CCc2c(sc3cc(NC(C)=O)ccc23)C1. The van der Waals surface area contributed by atoms with Gasteiger partial charge in [-0.1, -0.05) is 6.07 Å². The first-order chi connectivity index (χ1) is 10.1. The molecule has 0 radical (unpaired) electrons. The molecule has 1 aliphatic rings. The zero-order valence-corrected chi connectivity index (χ0v) is 12.9. The number of thiophene rings is 1. The summed E-state index contributed by atoms with van der Waals surface area (Å²) in [6, 6.07) is 6.00. The van der Waals surface area contributed by atoms with Crippen molar-refractivity contribution in [3.63, 3.8) is 0 Å². The van der Waals surface area contributed by atoms with Gasteiger partial charge in [-0.2, -0.15) is 0 Å². The molecule has 1 atom stereocenters. The number of amides is 1. The second-order valence-electron chi connectivity index (χ2n) is 5.36. The molecule has 21 heavy (non-hydrogen) atoms. The number of nitrogens with one attached hydrogen (secondary N) is 1. The summed E-state index contributed by atoms with van der Waals surface area (Å²) in [4.78, 5) is 24.1. The van der Waals surface area contributed by atoms with E-state index in [1.165, 1.54) is 29.9 Å². The average Bonchev–Trinajstić information content (AvgIpc) is 2.82. The lowest BCUT2D eigenvalue weighted by atomic mass is 9.87. The van der Waals surface area contributed by atoms with Gasteiger partial charge in [-0.3, -0.25) is 9.59 Å². The fourth-order valence-electron chi connectivity index (χ4n) is 2.93. The fourth-order valence-corrected chi connectivity index (χ4v) is 4.31. The first-order valence-corrected chi connectivity index (χ1v) is 7.80. The zero-order chi connectivity index (χ0) is 15.0. The Morgan fingerprint density at radius 3 is 2.90 bits per heavy atom. The van der Waals surface area contributed by atoms with Crippen molar-refractivity contribution in [2.45, 2.75) is 26.2 Å². The quantitative estimate of drug-likeness (QED) is 0.867. The number of anilines is 1. The molecule has 1 N–H and O–H groups in total. The van der Waals surface area contributed by atoms with Gasteiger partial charge in [0.15, 0.2) is 0 Å². The van der Waals surface area contributed by atoms with E-state index in [2.05, 4.69) is 11.4 Å². The number of fused-ring (bicyclic) bond motifs is 3. The minimum atomic E-state index is -0.114. The predicted molar refractivity (Wildman–Crippen MR) is 83.7 cm³/mol. The predicted octanol–water partition coefficient (Wildman–Crippen LogP) is 3.14. The molecule has 1 aliphatic carbocycles. The van der Waals surface area contributed by atoms with Crippen LogP contribution in [0.25, 0.3) is 10.1 Å². The number of esters is 1. The van der Waals surface area contributed by atoms with Gasteiger partial charge in [0.05, 0.1) is 13.0 Å². The second kappa shape index (κ2) is 5.48. The van der Waals surface area contributed by atoms with E-state index < -0.39 is 0 Å². The molecule has 1 amide bonds. The van der Waals surface area contributed by atoms with E-state index in [1.807, 2.05) is 12.1 Å². The fraction of sp³-hybridized carbons (Fsp3) is 0.375. The Bertz CT molecular complexity index is 720. The molecule has 0 saturated heterocycles. The highest BCUT2D eigenvalue weighted by atomic mass is 32.1. The van der Waals surface area contributed by atoms with Crippen LogP contribution in [-0.2, 0) is 27.2 Å². The third-order valence-corrected chi connectivity index (χ3v) is 5.12. The molecule has 0 aliphatic heterocycles. The van der Waals surface area contributed by atoms with Crippen LogP contribution in [0.1, 0.15) is 23.8 Å². The summed E-state index contributed by atoms with van der Waals surface area (Å²) < 4.78 is 6.02. The van der Waals surface area contributed by atoms with Crippen LogP contribution >= 0.6 is 11.3 Å². The number of hydrogen-bond donors (Lipinski definition) is 1. The molecule has 0 spiro atoms. The highest BCUT2D eigenvalue weighted by Crippen LogP contribution is 2.39. The molecule has 1 aromatic heterocycles. The van der Waals surface area contributed by atoms with Crippen molar-refractivity contribution < 1.29 is 14.3 Å². The van der Waals surface area contributed by atoms with Crippen LogP contribution in [-0.4, -0.2) is 19.0 Å². The number of carbonyl (C=O) groups is 2. The summed E-state index contributed by atoms with van der Waals surface area (Å²) in [6.45, 7) is 1.50. The number of carbonyl (C=O) groups excluding carboxylic acids is 2. The summed E-state index contributed by atoms with van der Waals surface area (Å²) in [5.74, 6) is -0.205. The van der Waals surface area contributed by atoms with Crippen molar-refractivity contribution in [2.24, 2.45) is 5.92 Å². The molecule has 2 aromatic rings. The molecule has 4 nitrogen and oxygen atoms in total. The molecule has 110 valence electrons. The van der Waals surface area contributed by atoms with Gasteiger partial charge < -0.3 is 10.1 Å². The lowest BCUT2D eigenvalue weighted by Crippen LogP contribution is -2.22. The molecule has 0 fully saturated rings. The van der Waals surface area contributed by atoms with E-state index in [0.717, 1.165) is 29.6 Å². The normalized spacial score (nSPS) is 17.3. The third-order valence-electron chi connectivity index (χ3n) is 3.91. The minimum absolute atomic E-state index is 0.0228. The number of ether oxygens (including phenoxy) is 1. The van der Waals surface area contributed by atoms with Crippen molar-refractivity contribution in [3.05, 3.63) is 28.6 Å². The van der Waals surface area contributed by atoms with Crippen molar-refractivity contribution in [2.75, 3.05) is 12.4 Å². The molecule has 5 heteroatoms. The summed E-state index contributed by atoms with van der Waals surface area (Å²) in [5.41, 5.74) is 2.17. The van der Waals surface area contributed by atoms with Crippen molar-refractivity contribution in [1.82, 2.24) is 0 Å². The molecule has 1 unspecified atom stereocenters. The second-order valence-corrected chi connectivity index (χ2v) is 6.50. The molecule has 1 aromatic carbocycles. The number of aryl methyl sites for hydroxylation is 1. The van der Waals surface area contributed by atoms with E-state index in [-0.39, 0.29) is 17.8 Å². The molecular formula is C16H17NO3S. The van der Waals surface area contributed by atoms with Gasteiger partial charge in [0, 0.05) is 22.2 Å². The van der Waals surface area contributed by atoms with E-state index in [1.54, 1.807) is 11.3 Å². The summed E-state index contributed by atoms with van der Waals surface area (Å²) in [6.07, 6.45) is 2.52. The van der Waals surface area contributed by atoms with Crippen LogP contribution in [0, 0.1) is 5.92 Å². The molecular weight excluding hydrogens is 286 g/mol. The third kappa shape index (κ3) is 2.65. The van der Waals surface area contributed by atoms with Gasteiger partial charge >= 0.3 is 5.97 Å². The number of hydrogen-bond acceptors (Lipinski definition) is 4. The minimum Gasteiger partial charge on any atom is -0.469 e. The van der Waals surface area contributed by atoms with E-state index >= 15 is 0 Å². The number of rotatable bonds is 2. The Morgan fingerprint density at radius 1 is 1.38 bits per heavy atom. The maximum Gasteiger partial charge on any atom is 0.309 e. The summed E-state index contributed by atoms with van der Waals surface area (Å²) in [7, 11) is 1.45. The topological polar surface area (TPSA) is 55.4 Å². The van der Waals surface area contributed by atoms with Crippen LogP contribution < -0.4 is 5.32 Å². The number of benzene rings is 1.